The maximum atomic E-state index is 2.56. The summed E-state index contributed by atoms with van der Waals surface area (Å²) >= 11 is 0. The summed E-state index contributed by atoms with van der Waals surface area (Å²) in [6.45, 7) is 7.36. The minimum Gasteiger partial charge on any atom is -0.0651 e. The van der Waals surface area contributed by atoms with Gasteiger partial charge in [-0.1, -0.05) is 84.2 Å². The zero-order valence-corrected chi connectivity index (χ0v) is 17.2. The van der Waals surface area contributed by atoms with Gasteiger partial charge in [0.05, 0.1) is 0 Å². The lowest BCUT2D eigenvalue weighted by molar-refractivity contribution is 0.184. The summed E-state index contributed by atoms with van der Waals surface area (Å²) in [5, 5.41) is 0. The zero-order chi connectivity index (χ0) is 15.8. The van der Waals surface area contributed by atoms with Crippen LogP contribution in [0, 0.1) is 29.6 Å². The maximum absolute atomic E-state index is 2.56. The molecule has 1 aliphatic carbocycles. The molecule has 1 aliphatic heterocycles. The SMILES string of the molecule is CCC(C)CC1CCC(C(C)CCCC2CC[SiH2]CC2)CC1. The Morgan fingerprint density at radius 1 is 0.909 bits per heavy atom. The molecular weight excluding hydrogens is 280 g/mol. The Morgan fingerprint density at radius 2 is 1.59 bits per heavy atom. The van der Waals surface area contributed by atoms with Crippen LogP contribution in [0.15, 0.2) is 0 Å². The molecule has 2 aliphatic rings. The van der Waals surface area contributed by atoms with Gasteiger partial charge in [0.25, 0.3) is 0 Å². The van der Waals surface area contributed by atoms with Gasteiger partial charge in [-0.2, -0.15) is 0 Å². The Labute approximate surface area is 143 Å². The third-order valence-electron chi connectivity index (χ3n) is 7.13. The Hall–Kier alpha value is 0.217. The van der Waals surface area contributed by atoms with Crippen LogP contribution in [0.3, 0.4) is 0 Å². The molecule has 1 heterocycles. The average molecular weight is 323 g/mol. The predicted molar refractivity (Wildman–Crippen MR) is 103 cm³/mol. The molecule has 0 bridgehead atoms. The third kappa shape index (κ3) is 6.38. The van der Waals surface area contributed by atoms with Gasteiger partial charge in [-0.15, -0.1) is 0 Å². The van der Waals surface area contributed by atoms with Crippen molar-refractivity contribution in [3.8, 4) is 0 Å². The second-order valence-corrected chi connectivity index (χ2v) is 11.1. The van der Waals surface area contributed by atoms with Gasteiger partial charge in [-0.25, -0.2) is 0 Å². The second-order valence-electron chi connectivity index (χ2n) is 8.94. The summed E-state index contributed by atoms with van der Waals surface area (Å²) in [5.74, 6) is 5.21. The van der Waals surface area contributed by atoms with Crippen LogP contribution < -0.4 is 0 Å². The normalized spacial score (nSPS) is 33.7. The summed E-state index contributed by atoms with van der Waals surface area (Å²) in [6.07, 6.45) is 16.8. The van der Waals surface area contributed by atoms with E-state index in [9.17, 15) is 0 Å². The zero-order valence-electron chi connectivity index (χ0n) is 15.8. The lowest BCUT2D eigenvalue weighted by atomic mass is 9.72. The maximum Gasteiger partial charge on any atom is 0.0198 e. The molecule has 0 spiro atoms. The van der Waals surface area contributed by atoms with Gasteiger partial charge >= 0.3 is 0 Å². The fraction of sp³-hybridized carbons (Fsp3) is 1.00. The molecule has 1 saturated carbocycles. The molecule has 130 valence electrons. The predicted octanol–water partition coefficient (Wildman–Crippen LogP) is 6.45. The first-order valence-electron chi connectivity index (χ1n) is 10.7. The molecule has 0 aromatic rings. The van der Waals surface area contributed by atoms with E-state index in [2.05, 4.69) is 20.8 Å². The Bertz CT molecular complexity index is 274. The second kappa shape index (κ2) is 10.2. The van der Waals surface area contributed by atoms with Crippen molar-refractivity contribution in [1.82, 2.24) is 0 Å². The van der Waals surface area contributed by atoms with Gasteiger partial charge in [-0.3, -0.25) is 0 Å². The molecule has 0 aromatic heterocycles. The van der Waals surface area contributed by atoms with Crippen molar-refractivity contribution >= 4 is 9.52 Å². The molecule has 2 rings (SSSR count). The highest BCUT2D eigenvalue weighted by molar-refractivity contribution is 6.35. The van der Waals surface area contributed by atoms with E-state index in [1.807, 2.05) is 0 Å². The van der Waals surface area contributed by atoms with Crippen LogP contribution in [0.4, 0.5) is 0 Å². The summed E-state index contributed by atoms with van der Waals surface area (Å²) < 4.78 is 0. The van der Waals surface area contributed by atoms with Gasteiger partial charge in [0.1, 0.15) is 0 Å². The van der Waals surface area contributed by atoms with Crippen molar-refractivity contribution in [3.63, 3.8) is 0 Å². The minimum absolute atomic E-state index is 0.406. The molecule has 0 aromatic carbocycles. The van der Waals surface area contributed by atoms with E-state index in [-0.39, 0.29) is 0 Å². The van der Waals surface area contributed by atoms with Crippen LogP contribution in [0.2, 0.25) is 12.1 Å². The first kappa shape index (κ1) is 18.6. The Balaban J connectivity index is 1.57. The summed E-state index contributed by atoms with van der Waals surface area (Å²) in [5.41, 5.74) is 0. The molecule has 2 atom stereocenters. The van der Waals surface area contributed by atoms with Crippen LogP contribution in [0.1, 0.15) is 91.4 Å². The monoisotopic (exact) mass is 322 g/mol. The molecular formula is C21H42Si. The number of rotatable bonds is 8. The standard InChI is InChI=1S/C21H42Si/c1-4-17(2)16-20-8-10-21(11-9-20)18(3)6-5-7-19-12-14-22-15-13-19/h17-21H,4-16,22H2,1-3H3. The molecule has 0 amide bonds. The minimum atomic E-state index is 0.406. The Kier molecular flexibility index (Phi) is 8.57. The molecule has 0 N–H and O–H groups in total. The first-order valence-corrected chi connectivity index (χ1v) is 12.7. The number of hydrogen-bond donors (Lipinski definition) is 0. The van der Waals surface area contributed by atoms with Crippen molar-refractivity contribution in [2.24, 2.45) is 29.6 Å². The molecule has 1 heteroatoms. The lowest BCUT2D eigenvalue weighted by Crippen LogP contribution is -2.21. The smallest absolute Gasteiger partial charge is 0.0198 e. The van der Waals surface area contributed by atoms with Crippen molar-refractivity contribution in [2.75, 3.05) is 0 Å². The largest absolute Gasteiger partial charge is 0.0651 e. The van der Waals surface area contributed by atoms with Gasteiger partial charge in [0.2, 0.25) is 0 Å². The van der Waals surface area contributed by atoms with Crippen molar-refractivity contribution in [2.45, 2.75) is 103 Å². The van der Waals surface area contributed by atoms with Gasteiger partial charge in [-0.05, 0) is 48.9 Å². The molecule has 1 saturated heterocycles. The van der Waals surface area contributed by atoms with Gasteiger partial charge in [0, 0.05) is 9.52 Å². The highest BCUT2D eigenvalue weighted by Crippen LogP contribution is 2.38. The number of hydrogen-bond acceptors (Lipinski definition) is 0. The van der Waals surface area contributed by atoms with Crippen molar-refractivity contribution < 1.29 is 0 Å². The van der Waals surface area contributed by atoms with Crippen LogP contribution in [0.5, 0.6) is 0 Å². The van der Waals surface area contributed by atoms with Gasteiger partial charge < -0.3 is 0 Å². The molecule has 22 heavy (non-hydrogen) atoms. The molecule has 0 radical (unpaired) electrons. The van der Waals surface area contributed by atoms with Crippen LogP contribution in [-0.4, -0.2) is 9.52 Å². The van der Waals surface area contributed by atoms with E-state index in [4.69, 9.17) is 0 Å². The quantitative estimate of drug-likeness (QED) is 0.450. The summed E-state index contributed by atoms with van der Waals surface area (Å²) in [7, 11) is 0.406. The average Bonchev–Trinajstić information content (AvgIpc) is 2.56. The van der Waals surface area contributed by atoms with Crippen LogP contribution in [0.25, 0.3) is 0 Å². The highest BCUT2D eigenvalue weighted by atomic mass is 28.2. The van der Waals surface area contributed by atoms with Crippen molar-refractivity contribution in [1.29, 1.82) is 0 Å². The van der Waals surface area contributed by atoms with E-state index in [0.717, 1.165) is 29.6 Å². The highest BCUT2D eigenvalue weighted by Gasteiger charge is 2.26. The van der Waals surface area contributed by atoms with Gasteiger partial charge in [0.15, 0.2) is 0 Å². The first-order chi connectivity index (χ1) is 10.7. The summed E-state index contributed by atoms with van der Waals surface area (Å²) in [4.78, 5) is 0. The van der Waals surface area contributed by atoms with Crippen molar-refractivity contribution in [3.05, 3.63) is 0 Å². The Morgan fingerprint density at radius 3 is 2.23 bits per heavy atom. The van der Waals surface area contributed by atoms with E-state index in [1.54, 1.807) is 31.4 Å². The van der Waals surface area contributed by atoms with E-state index in [0.29, 0.717) is 9.52 Å². The topological polar surface area (TPSA) is 0 Å². The lowest BCUT2D eigenvalue weighted by Gasteiger charge is -2.33. The van der Waals surface area contributed by atoms with E-state index in [1.165, 1.54) is 51.4 Å². The van der Waals surface area contributed by atoms with Crippen LogP contribution in [-0.2, 0) is 0 Å². The molecule has 2 fully saturated rings. The van der Waals surface area contributed by atoms with Crippen LogP contribution >= 0.6 is 0 Å². The fourth-order valence-corrected chi connectivity index (χ4v) is 7.25. The van der Waals surface area contributed by atoms with E-state index >= 15 is 0 Å². The summed E-state index contributed by atoms with van der Waals surface area (Å²) in [6, 6.07) is 3.31. The fourth-order valence-electron chi connectivity index (χ4n) is 5.17. The van der Waals surface area contributed by atoms with E-state index < -0.39 is 0 Å². The molecule has 0 nitrogen and oxygen atoms in total. The third-order valence-corrected chi connectivity index (χ3v) is 8.94. The molecule has 2 unspecified atom stereocenters.